The summed E-state index contributed by atoms with van der Waals surface area (Å²) in [6.07, 6.45) is 0. The second-order valence-corrected chi connectivity index (χ2v) is 4.53. The summed E-state index contributed by atoms with van der Waals surface area (Å²) in [7, 11) is 0. The van der Waals surface area contributed by atoms with Crippen molar-refractivity contribution in [2.45, 2.75) is 13.2 Å². The fourth-order valence-corrected chi connectivity index (χ4v) is 2.22. The fraction of sp³-hybridized carbons (Fsp3) is 0.133. The Morgan fingerprint density at radius 1 is 1.00 bits per heavy atom. The highest BCUT2D eigenvalue weighted by atomic mass is 19.1. The predicted molar refractivity (Wildman–Crippen MR) is 71.1 cm³/mol. The molecule has 20 heavy (non-hydrogen) atoms. The zero-order chi connectivity index (χ0) is 14.1. The molecule has 0 atom stereocenters. The van der Waals surface area contributed by atoms with Crippen molar-refractivity contribution < 1.29 is 13.9 Å². The lowest BCUT2D eigenvalue weighted by Crippen LogP contribution is -2.05. The number of hydrogen-bond donors (Lipinski definition) is 1. The molecule has 3 aromatic rings. The quantitative estimate of drug-likeness (QED) is 0.797. The maximum atomic E-state index is 13.2. The summed E-state index contributed by atoms with van der Waals surface area (Å²) >= 11 is 0. The second kappa shape index (κ2) is 5.02. The maximum Gasteiger partial charge on any atom is 0.136 e. The van der Waals surface area contributed by atoms with Crippen LogP contribution in [0.25, 0.3) is 11.0 Å². The van der Waals surface area contributed by atoms with Crippen molar-refractivity contribution in [3.63, 3.8) is 0 Å². The lowest BCUT2D eigenvalue weighted by molar-refractivity contribution is 0.267. The first kappa shape index (κ1) is 12.7. The minimum Gasteiger partial charge on any atom is -0.388 e. The Labute approximate surface area is 114 Å². The fourth-order valence-electron chi connectivity index (χ4n) is 2.22. The van der Waals surface area contributed by atoms with E-state index in [0.717, 1.165) is 11.1 Å². The van der Waals surface area contributed by atoms with E-state index >= 15 is 0 Å². The van der Waals surface area contributed by atoms with Gasteiger partial charge in [0.25, 0.3) is 0 Å². The van der Waals surface area contributed by atoms with E-state index in [1.165, 1.54) is 24.3 Å². The molecule has 0 unspecified atom stereocenters. The highest BCUT2D eigenvalue weighted by molar-refractivity contribution is 5.76. The van der Waals surface area contributed by atoms with Crippen LogP contribution >= 0.6 is 0 Å². The highest BCUT2D eigenvalue weighted by Gasteiger charge is 2.11. The first-order valence-electron chi connectivity index (χ1n) is 6.17. The molecule has 1 aromatic heterocycles. The van der Waals surface area contributed by atoms with Gasteiger partial charge in [-0.2, -0.15) is 0 Å². The number of aromatic nitrogens is 2. The van der Waals surface area contributed by atoms with E-state index in [1.54, 1.807) is 22.8 Å². The maximum absolute atomic E-state index is 13.2. The van der Waals surface area contributed by atoms with Gasteiger partial charge in [-0.25, -0.2) is 13.8 Å². The first-order chi connectivity index (χ1) is 9.67. The number of fused-ring (bicyclic) bond motifs is 1. The summed E-state index contributed by atoms with van der Waals surface area (Å²) in [5.41, 5.74) is 2.11. The molecule has 5 heteroatoms. The van der Waals surface area contributed by atoms with Gasteiger partial charge in [-0.1, -0.05) is 12.1 Å². The monoisotopic (exact) mass is 274 g/mol. The number of imidazole rings is 1. The van der Waals surface area contributed by atoms with E-state index in [9.17, 15) is 13.9 Å². The summed E-state index contributed by atoms with van der Waals surface area (Å²) in [5.74, 6) is -0.211. The van der Waals surface area contributed by atoms with Crippen LogP contribution in [0.2, 0.25) is 0 Å². The summed E-state index contributed by atoms with van der Waals surface area (Å²) in [4.78, 5) is 4.20. The lowest BCUT2D eigenvalue weighted by Gasteiger charge is -2.08. The van der Waals surface area contributed by atoms with Crippen molar-refractivity contribution in [2.24, 2.45) is 0 Å². The average molecular weight is 274 g/mol. The Balaban J connectivity index is 2.07. The van der Waals surface area contributed by atoms with Crippen LogP contribution in [0.1, 0.15) is 11.4 Å². The zero-order valence-corrected chi connectivity index (χ0v) is 10.6. The SMILES string of the molecule is OCc1nc2cc(F)ccc2n1Cc1ccc(F)cc1. The van der Waals surface area contributed by atoms with Crippen molar-refractivity contribution in [1.29, 1.82) is 0 Å². The minimum atomic E-state index is -0.367. The van der Waals surface area contributed by atoms with E-state index in [2.05, 4.69) is 4.98 Å². The Morgan fingerprint density at radius 2 is 1.70 bits per heavy atom. The molecule has 0 saturated carbocycles. The molecule has 0 amide bonds. The molecule has 0 fully saturated rings. The lowest BCUT2D eigenvalue weighted by atomic mass is 10.2. The van der Waals surface area contributed by atoms with E-state index in [-0.39, 0.29) is 18.2 Å². The van der Waals surface area contributed by atoms with Crippen molar-refractivity contribution in [3.8, 4) is 0 Å². The molecule has 2 aromatic carbocycles. The zero-order valence-electron chi connectivity index (χ0n) is 10.6. The summed E-state index contributed by atoms with van der Waals surface area (Å²) in [5, 5.41) is 9.37. The molecule has 0 radical (unpaired) electrons. The second-order valence-electron chi connectivity index (χ2n) is 4.53. The van der Waals surface area contributed by atoms with E-state index in [4.69, 9.17) is 0 Å². The van der Waals surface area contributed by atoms with Crippen LogP contribution in [0.5, 0.6) is 0 Å². The number of benzene rings is 2. The van der Waals surface area contributed by atoms with Crippen LogP contribution in [0.15, 0.2) is 42.5 Å². The highest BCUT2D eigenvalue weighted by Crippen LogP contribution is 2.19. The molecule has 0 aliphatic rings. The third kappa shape index (κ3) is 2.28. The minimum absolute atomic E-state index is 0.239. The molecule has 102 valence electrons. The molecule has 1 heterocycles. The standard InChI is InChI=1S/C15H12F2N2O/c16-11-3-1-10(2-4-11)8-19-14-6-5-12(17)7-13(14)18-15(19)9-20/h1-7,20H,8-9H2. The molecule has 0 aliphatic heterocycles. The molecule has 0 bridgehead atoms. The molecule has 1 N–H and O–H groups in total. The number of hydrogen-bond acceptors (Lipinski definition) is 2. The van der Waals surface area contributed by atoms with Gasteiger partial charge in [-0.15, -0.1) is 0 Å². The summed E-state index contributed by atoms with van der Waals surface area (Å²) in [6.45, 7) is 0.204. The van der Waals surface area contributed by atoms with E-state index < -0.39 is 0 Å². The van der Waals surface area contributed by atoms with Crippen molar-refractivity contribution in [1.82, 2.24) is 9.55 Å². The Morgan fingerprint density at radius 3 is 2.40 bits per heavy atom. The molecule has 0 aliphatic carbocycles. The van der Waals surface area contributed by atoms with Gasteiger partial charge in [0, 0.05) is 12.6 Å². The number of nitrogens with zero attached hydrogens (tertiary/aromatic N) is 2. The van der Waals surface area contributed by atoms with Gasteiger partial charge in [-0.3, -0.25) is 0 Å². The number of halogens is 2. The van der Waals surface area contributed by atoms with Gasteiger partial charge in [-0.05, 0) is 29.8 Å². The smallest absolute Gasteiger partial charge is 0.136 e. The van der Waals surface area contributed by atoms with Crippen LogP contribution in [0.4, 0.5) is 8.78 Å². The van der Waals surface area contributed by atoms with Crippen molar-refractivity contribution in [3.05, 3.63) is 65.5 Å². The Bertz CT molecular complexity index is 750. The number of aliphatic hydroxyl groups excluding tert-OH is 1. The van der Waals surface area contributed by atoms with Crippen LogP contribution < -0.4 is 0 Å². The van der Waals surface area contributed by atoms with Gasteiger partial charge in [0.2, 0.25) is 0 Å². The Kier molecular flexibility index (Phi) is 3.20. The number of aliphatic hydroxyl groups is 1. The van der Waals surface area contributed by atoms with Crippen molar-refractivity contribution in [2.75, 3.05) is 0 Å². The summed E-state index contributed by atoms with van der Waals surface area (Å²) in [6, 6.07) is 10.4. The van der Waals surface area contributed by atoms with Gasteiger partial charge in [0.15, 0.2) is 0 Å². The van der Waals surface area contributed by atoms with Gasteiger partial charge in [0.1, 0.15) is 24.1 Å². The summed E-state index contributed by atoms with van der Waals surface area (Å²) < 4.78 is 27.9. The molecule has 3 nitrogen and oxygen atoms in total. The van der Waals surface area contributed by atoms with Gasteiger partial charge in [0.05, 0.1) is 11.0 Å². The first-order valence-corrected chi connectivity index (χ1v) is 6.17. The largest absolute Gasteiger partial charge is 0.388 e. The average Bonchev–Trinajstić information content (AvgIpc) is 2.78. The molecule has 0 saturated heterocycles. The normalized spacial score (nSPS) is 11.2. The van der Waals surface area contributed by atoms with E-state index in [1.807, 2.05) is 0 Å². The third-order valence-corrected chi connectivity index (χ3v) is 3.18. The number of rotatable bonds is 3. The third-order valence-electron chi connectivity index (χ3n) is 3.18. The predicted octanol–water partition coefficient (Wildman–Crippen LogP) is 2.86. The van der Waals surface area contributed by atoms with Crippen LogP contribution in [0.3, 0.4) is 0 Å². The topological polar surface area (TPSA) is 38.1 Å². The van der Waals surface area contributed by atoms with Crippen molar-refractivity contribution >= 4 is 11.0 Å². The molecule has 3 rings (SSSR count). The van der Waals surface area contributed by atoms with Crippen LogP contribution in [-0.2, 0) is 13.2 Å². The molecule has 0 spiro atoms. The van der Waals surface area contributed by atoms with Crippen LogP contribution in [-0.4, -0.2) is 14.7 Å². The van der Waals surface area contributed by atoms with Gasteiger partial charge >= 0.3 is 0 Å². The van der Waals surface area contributed by atoms with E-state index in [0.29, 0.717) is 17.9 Å². The molecular weight excluding hydrogens is 262 g/mol. The molecular formula is C15H12F2N2O. The Hall–Kier alpha value is -2.27. The van der Waals surface area contributed by atoms with Crippen LogP contribution in [0, 0.1) is 11.6 Å². The van der Waals surface area contributed by atoms with Gasteiger partial charge < -0.3 is 9.67 Å².